The molecule has 1 aromatic carbocycles. The molecule has 1 atom stereocenters. The first-order valence-electron chi connectivity index (χ1n) is 6.15. The number of nitrogens with one attached hydrogen (secondary N) is 1. The summed E-state index contributed by atoms with van der Waals surface area (Å²) in [6, 6.07) is 9.14. The average Bonchev–Trinajstić information content (AvgIpc) is 2.29. The number of nitrogens with zero attached hydrogens (tertiary/aromatic N) is 1. The summed E-state index contributed by atoms with van der Waals surface area (Å²) < 4.78 is 0. The quantitative estimate of drug-likeness (QED) is 0.793. The van der Waals surface area contributed by atoms with Gasteiger partial charge >= 0.3 is 0 Å². The first-order chi connectivity index (χ1) is 7.65. The fraction of sp³-hybridized carbons (Fsp3) is 0.571. The largest absolute Gasteiger partial charge is 0.373 e. The van der Waals surface area contributed by atoms with Gasteiger partial charge in [-0.15, -0.1) is 0 Å². The van der Waals surface area contributed by atoms with Gasteiger partial charge in [0.1, 0.15) is 0 Å². The van der Waals surface area contributed by atoms with Gasteiger partial charge in [0, 0.05) is 31.9 Å². The summed E-state index contributed by atoms with van der Waals surface area (Å²) in [6.07, 6.45) is 1.19. The van der Waals surface area contributed by atoms with Crippen molar-refractivity contribution >= 4 is 5.69 Å². The summed E-state index contributed by atoms with van der Waals surface area (Å²) in [6.45, 7) is 8.69. The number of para-hydroxylation sites is 1. The van der Waals surface area contributed by atoms with Gasteiger partial charge in [0.15, 0.2) is 0 Å². The van der Waals surface area contributed by atoms with E-state index in [9.17, 15) is 0 Å². The van der Waals surface area contributed by atoms with Crippen molar-refractivity contribution in [3.05, 3.63) is 29.8 Å². The number of hydrogen-bond acceptors (Lipinski definition) is 2. The molecule has 0 spiro atoms. The maximum Gasteiger partial charge on any atom is 0.0393 e. The van der Waals surface area contributed by atoms with E-state index in [0.29, 0.717) is 6.04 Å². The molecule has 90 valence electrons. The van der Waals surface area contributed by atoms with E-state index >= 15 is 0 Å². The van der Waals surface area contributed by atoms with E-state index in [-0.39, 0.29) is 0 Å². The summed E-state index contributed by atoms with van der Waals surface area (Å²) in [5.74, 6) is 0. The van der Waals surface area contributed by atoms with Gasteiger partial charge in [-0.3, -0.25) is 0 Å². The van der Waals surface area contributed by atoms with Crippen LogP contribution in [0.5, 0.6) is 0 Å². The Bertz CT molecular complexity index is 309. The van der Waals surface area contributed by atoms with Crippen molar-refractivity contribution in [3.63, 3.8) is 0 Å². The summed E-state index contributed by atoms with van der Waals surface area (Å²) in [4.78, 5) is 2.31. The minimum atomic E-state index is 0.616. The highest BCUT2D eigenvalue weighted by atomic mass is 15.1. The van der Waals surface area contributed by atoms with Crippen LogP contribution in [-0.2, 0) is 0 Å². The van der Waals surface area contributed by atoms with E-state index in [1.165, 1.54) is 17.7 Å². The number of benzene rings is 1. The Morgan fingerprint density at radius 1 is 1.31 bits per heavy atom. The van der Waals surface area contributed by atoms with Gasteiger partial charge in [0.25, 0.3) is 0 Å². The second-order valence-corrected chi connectivity index (χ2v) is 4.47. The zero-order chi connectivity index (χ0) is 12.0. The van der Waals surface area contributed by atoms with E-state index in [4.69, 9.17) is 0 Å². The standard InChI is InChI=1S/C14H24N2/c1-5-13(3)15-10-11-16(4)14-9-7-6-8-12(14)2/h6-9,13,15H,5,10-11H2,1-4H3. The smallest absolute Gasteiger partial charge is 0.0393 e. The number of hydrogen-bond donors (Lipinski definition) is 1. The maximum absolute atomic E-state index is 3.51. The Labute approximate surface area is 99.7 Å². The fourth-order valence-electron chi connectivity index (χ4n) is 1.74. The zero-order valence-electron chi connectivity index (χ0n) is 11.0. The molecule has 2 nitrogen and oxygen atoms in total. The predicted octanol–water partition coefficient (Wildman–Crippen LogP) is 2.82. The van der Waals surface area contributed by atoms with Crippen molar-refractivity contribution in [1.82, 2.24) is 5.32 Å². The lowest BCUT2D eigenvalue weighted by Crippen LogP contribution is -2.34. The molecule has 0 heterocycles. The van der Waals surface area contributed by atoms with Gasteiger partial charge in [-0.25, -0.2) is 0 Å². The molecule has 0 saturated heterocycles. The third kappa shape index (κ3) is 3.86. The van der Waals surface area contributed by atoms with Crippen LogP contribution in [0.25, 0.3) is 0 Å². The van der Waals surface area contributed by atoms with E-state index < -0.39 is 0 Å². The van der Waals surface area contributed by atoms with Crippen LogP contribution in [0.1, 0.15) is 25.8 Å². The highest BCUT2D eigenvalue weighted by Crippen LogP contribution is 2.16. The lowest BCUT2D eigenvalue weighted by molar-refractivity contribution is 0.537. The van der Waals surface area contributed by atoms with Crippen molar-refractivity contribution in [2.24, 2.45) is 0 Å². The first kappa shape index (κ1) is 13.0. The zero-order valence-corrected chi connectivity index (χ0v) is 11.0. The molecule has 1 N–H and O–H groups in total. The summed E-state index contributed by atoms with van der Waals surface area (Å²) >= 11 is 0. The molecule has 0 aromatic heterocycles. The van der Waals surface area contributed by atoms with Gasteiger partial charge in [-0.05, 0) is 31.9 Å². The minimum absolute atomic E-state index is 0.616. The van der Waals surface area contributed by atoms with Crippen molar-refractivity contribution < 1.29 is 0 Å². The van der Waals surface area contributed by atoms with Crippen LogP contribution >= 0.6 is 0 Å². The fourth-order valence-corrected chi connectivity index (χ4v) is 1.74. The minimum Gasteiger partial charge on any atom is -0.373 e. The van der Waals surface area contributed by atoms with Crippen LogP contribution in [0.2, 0.25) is 0 Å². The topological polar surface area (TPSA) is 15.3 Å². The molecule has 0 fully saturated rings. The second kappa shape index (κ2) is 6.54. The molecule has 1 unspecified atom stereocenters. The van der Waals surface area contributed by atoms with Crippen LogP contribution in [0.3, 0.4) is 0 Å². The third-order valence-electron chi connectivity index (χ3n) is 3.08. The Hall–Kier alpha value is -1.02. The Morgan fingerprint density at radius 3 is 2.62 bits per heavy atom. The highest BCUT2D eigenvalue weighted by Gasteiger charge is 2.03. The van der Waals surface area contributed by atoms with Gasteiger partial charge in [0.2, 0.25) is 0 Å². The molecule has 0 bridgehead atoms. The van der Waals surface area contributed by atoms with E-state index in [1.807, 2.05) is 0 Å². The number of aryl methyl sites for hydroxylation is 1. The average molecular weight is 220 g/mol. The molecule has 0 aliphatic carbocycles. The molecular formula is C14H24N2. The molecule has 0 aliphatic heterocycles. The maximum atomic E-state index is 3.51. The first-order valence-corrected chi connectivity index (χ1v) is 6.15. The highest BCUT2D eigenvalue weighted by molar-refractivity contribution is 5.52. The molecule has 0 radical (unpaired) electrons. The van der Waals surface area contributed by atoms with Crippen LogP contribution in [-0.4, -0.2) is 26.2 Å². The number of anilines is 1. The van der Waals surface area contributed by atoms with Crippen molar-refractivity contribution in [3.8, 4) is 0 Å². The second-order valence-electron chi connectivity index (χ2n) is 4.47. The van der Waals surface area contributed by atoms with Crippen LogP contribution in [0, 0.1) is 6.92 Å². The molecule has 1 rings (SSSR count). The van der Waals surface area contributed by atoms with E-state index in [2.05, 4.69) is 62.3 Å². The summed E-state index contributed by atoms with van der Waals surface area (Å²) in [5.41, 5.74) is 2.67. The number of likely N-dealkylation sites (N-methyl/N-ethyl adjacent to an activating group) is 1. The molecule has 0 saturated carbocycles. The molecular weight excluding hydrogens is 196 g/mol. The van der Waals surface area contributed by atoms with E-state index in [0.717, 1.165) is 13.1 Å². The Morgan fingerprint density at radius 2 is 2.00 bits per heavy atom. The lowest BCUT2D eigenvalue weighted by Gasteiger charge is -2.22. The monoisotopic (exact) mass is 220 g/mol. The van der Waals surface area contributed by atoms with E-state index in [1.54, 1.807) is 0 Å². The van der Waals surface area contributed by atoms with Crippen molar-refractivity contribution in [2.75, 3.05) is 25.0 Å². The van der Waals surface area contributed by atoms with Gasteiger partial charge in [0.05, 0.1) is 0 Å². The Kier molecular flexibility index (Phi) is 5.33. The van der Waals surface area contributed by atoms with Crippen LogP contribution in [0.15, 0.2) is 24.3 Å². The SMILES string of the molecule is CCC(C)NCCN(C)c1ccccc1C. The number of rotatable bonds is 6. The van der Waals surface area contributed by atoms with Gasteiger partial charge in [-0.2, -0.15) is 0 Å². The van der Waals surface area contributed by atoms with Gasteiger partial charge in [-0.1, -0.05) is 25.1 Å². The van der Waals surface area contributed by atoms with Crippen molar-refractivity contribution in [1.29, 1.82) is 0 Å². The summed E-state index contributed by atoms with van der Waals surface area (Å²) in [5, 5.41) is 3.51. The predicted molar refractivity (Wildman–Crippen MR) is 72.2 cm³/mol. The molecule has 16 heavy (non-hydrogen) atoms. The Balaban J connectivity index is 2.41. The lowest BCUT2D eigenvalue weighted by atomic mass is 10.2. The molecule has 0 aliphatic rings. The summed E-state index contributed by atoms with van der Waals surface area (Å²) in [7, 11) is 2.15. The third-order valence-corrected chi connectivity index (χ3v) is 3.08. The van der Waals surface area contributed by atoms with Gasteiger partial charge < -0.3 is 10.2 Å². The molecule has 0 amide bonds. The molecule has 1 aromatic rings. The normalized spacial score (nSPS) is 12.5. The van der Waals surface area contributed by atoms with Crippen LogP contribution in [0.4, 0.5) is 5.69 Å². The molecule has 2 heteroatoms. The van der Waals surface area contributed by atoms with Crippen LogP contribution < -0.4 is 10.2 Å². The van der Waals surface area contributed by atoms with Crippen molar-refractivity contribution in [2.45, 2.75) is 33.2 Å².